The van der Waals surface area contributed by atoms with Gasteiger partial charge in [-0.3, -0.25) is 13.8 Å². The van der Waals surface area contributed by atoms with Crippen LogP contribution in [0.1, 0.15) is 239 Å². The highest BCUT2D eigenvalue weighted by Gasteiger charge is 2.27. The number of quaternary nitrogens is 1. The highest BCUT2D eigenvalue weighted by atomic mass is 31.2. The Balaban J connectivity index is 3.80. The highest BCUT2D eigenvalue weighted by molar-refractivity contribution is 7.47. The lowest BCUT2D eigenvalue weighted by Crippen LogP contribution is -2.45. The SMILES string of the molecule is CCCCC/C=C/C(O)C(COP(=O)(O)OCC[N+](C)(C)C)NC(=O)CCCCCCCCCCCCCCCCCCCCCCCCCCCCCCCC. The molecular weight excluding hydrogens is 732 g/mol. The summed E-state index contributed by atoms with van der Waals surface area (Å²) in [5.41, 5.74) is 0. The second-order valence-electron chi connectivity index (χ2n) is 18.2. The number of carbonyl (C=O) groups excluding carboxylic acids is 1. The van der Waals surface area contributed by atoms with Crippen LogP contribution in [0.2, 0.25) is 0 Å². The first-order valence-corrected chi connectivity index (χ1v) is 26.1. The molecule has 0 aromatic carbocycles. The molecule has 9 heteroatoms. The molecule has 0 bridgehead atoms. The Morgan fingerprint density at radius 1 is 0.579 bits per heavy atom. The molecule has 0 aromatic rings. The Morgan fingerprint density at radius 3 is 1.30 bits per heavy atom. The van der Waals surface area contributed by atoms with Gasteiger partial charge in [0.25, 0.3) is 0 Å². The van der Waals surface area contributed by atoms with E-state index in [-0.39, 0.29) is 19.1 Å². The number of aliphatic hydroxyl groups excluding tert-OH is 1. The molecule has 0 aliphatic rings. The van der Waals surface area contributed by atoms with Gasteiger partial charge < -0.3 is 19.8 Å². The summed E-state index contributed by atoms with van der Waals surface area (Å²) in [6.07, 6.45) is 47.9. The normalized spacial score (nSPS) is 14.3. The average Bonchev–Trinajstić information content (AvgIpc) is 3.16. The minimum atomic E-state index is -4.32. The third-order valence-electron chi connectivity index (χ3n) is 11.3. The zero-order valence-corrected chi connectivity index (χ0v) is 39.5. The maximum absolute atomic E-state index is 12.8. The number of allylic oxidation sites excluding steroid dienone is 1. The molecule has 0 rings (SSSR count). The van der Waals surface area contributed by atoms with Gasteiger partial charge in [-0.2, -0.15) is 0 Å². The van der Waals surface area contributed by atoms with E-state index >= 15 is 0 Å². The van der Waals surface area contributed by atoms with Crippen molar-refractivity contribution in [2.45, 2.75) is 251 Å². The molecule has 0 aromatic heterocycles. The molecule has 57 heavy (non-hydrogen) atoms. The van der Waals surface area contributed by atoms with Crippen LogP contribution < -0.4 is 5.32 Å². The van der Waals surface area contributed by atoms with Gasteiger partial charge in [0, 0.05) is 6.42 Å². The van der Waals surface area contributed by atoms with E-state index in [9.17, 15) is 19.4 Å². The quantitative estimate of drug-likeness (QED) is 0.0244. The van der Waals surface area contributed by atoms with Crippen molar-refractivity contribution in [2.75, 3.05) is 40.9 Å². The number of nitrogens with zero attached hydrogens (tertiary/aromatic N) is 1. The number of likely N-dealkylation sites (N-methyl/N-ethyl adjacent to an activating group) is 1. The average molecular weight is 830 g/mol. The van der Waals surface area contributed by atoms with Crippen LogP contribution in [-0.2, 0) is 18.4 Å². The fraction of sp³-hybridized carbons (Fsp3) is 0.938. The van der Waals surface area contributed by atoms with Crippen molar-refractivity contribution in [3.8, 4) is 0 Å². The van der Waals surface area contributed by atoms with E-state index in [4.69, 9.17) is 9.05 Å². The van der Waals surface area contributed by atoms with E-state index in [1.54, 1.807) is 6.08 Å². The van der Waals surface area contributed by atoms with Gasteiger partial charge in [0.05, 0.1) is 39.9 Å². The summed E-state index contributed by atoms with van der Waals surface area (Å²) in [4.78, 5) is 22.9. The van der Waals surface area contributed by atoms with Crippen molar-refractivity contribution in [3.05, 3.63) is 12.2 Å². The number of unbranched alkanes of at least 4 members (excludes halogenated alkanes) is 32. The van der Waals surface area contributed by atoms with Crippen LogP contribution in [-0.4, -0.2) is 73.4 Å². The van der Waals surface area contributed by atoms with E-state index in [1.807, 2.05) is 27.2 Å². The molecule has 0 aliphatic carbocycles. The van der Waals surface area contributed by atoms with Crippen LogP contribution in [0.4, 0.5) is 0 Å². The Hall–Kier alpha value is -0.760. The van der Waals surface area contributed by atoms with Crippen molar-refractivity contribution >= 4 is 13.7 Å². The van der Waals surface area contributed by atoms with Gasteiger partial charge in [-0.15, -0.1) is 0 Å². The number of phosphoric ester groups is 1. The van der Waals surface area contributed by atoms with Crippen molar-refractivity contribution in [1.82, 2.24) is 5.32 Å². The lowest BCUT2D eigenvalue weighted by molar-refractivity contribution is -0.870. The molecule has 3 N–H and O–H groups in total. The maximum Gasteiger partial charge on any atom is 0.472 e. The first-order chi connectivity index (χ1) is 27.5. The fourth-order valence-corrected chi connectivity index (χ4v) is 8.07. The van der Waals surface area contributed by atoms with Crippen molar-refractivity contribution in [3.63, 3.8) is 0 Å². The number of carbonyl (C=O) groups is 1. The number of hydrogen-bond acceptors (Lipinski definition) is 5. The number of aliphatic hydroxyl groups is 1. The summed E-state index contributed by atoms with van der Waals surface area (Å²) in [7, 11) is 1.58. The molecule has 0 radical (unpaired) electrons. The minimum Gasteiger partial charge on any atom is -0.387 e. The summed E-state index contributed by atoms with van der Waals surface area (Å²) in [6.45, 7) is 4.72. The van der Waals surface area contributed by atoms with Crippen LogP contribution in [0.15, 0.2) is 12.2 Å². The molecule has 1 amide bonds. The standard InChI is InChI=1S/C48H97N2O6P/c1-6-8-10-12-13-14-15-16-17-18-19-20-21-22-23-24-25-26-27-28-29-30-31-32-33-34-35-36-38-40-42-48(52)49-46(47(51)41-39-37-11-9-7-2)45-56-57(53,54)55-44-43-50(3,4)5/h39,41,46-47,51H,6-38,40,42-45H2,1-5H3,(H-,49,52,53,54)/p+1/b41-39+. The topological polar surface area (TPSA) is 105 Å². The van der Waals surface area contributed by atoms with Gasteiger partial charge >= 0.3 is 7.82 Å². The van der Waals surface area contributed by atoms with Crippen LogP contribution in [0.5, 0.6) is 0 Å². The molecule has 0 saturated carbocycles. The number of amides is 1. The molecule has 3 atom stereocenters. The Labute approximate surface area is 354 Å². The van der Waals surface area contributed by atoms with Crippen molar-refractivity contribution in [1.29, 1.82) is 0 Å². The summed E-state index contributed by atoms with van der Waals surface area (Å²) < 4.78 is 23.4. The first-order valence-electron chi connectivity index (χ1n) is 24.6. The number of nitrogens with one attached hydrogen (secondary N) is 1. The summed E-state index contributed by atoms with van der Waals surface area (Å²) in [5, 5.41) is 13.6. The molecule has 8 nitrogen and oxygen atoms in total. The smallest absolute Gasteiger partial charge is 0.387 e. The van der Waals surface area contributed by atoms with E-state index in [0.717, 1.165) is 44.9 Å². The number of rotatable bonds is 45. The Bertz CT molecular complexity index is 942. The molecule has 0 spiro atoms. The predicted molar refractivity (Wildman–Crippen MR) is 245 cm³/mol. The molecule has 0 aliphatic heterocycles. The molecule has 0 heterocycles. The van der Waals surface area contributed by atoms with Gasteiger partial charge in [0.1, 0.15) is 13.2 Å². The van der Waals surface area contributed by atoms with Crippen LogP contribution in [0.3, 0.4) is 0 Å². The Morgan fingerprint density at radius 2 is 0.930 bits per heavy atom. The summed E-state index contributed by atoms with van der Waals surface area (Å²) >= 11 is 0. The van der Waals surface area contributed by atoms with Gasteiger partial charge in [-0.1, -0.05) is 225 Å². The summed E-state index contributed by atoms with van der Waals surface area (Å²) in [6, 6.07) is -0.837. The van der Waals surface area contributed by atoms with E-state index in [0.29, 0.717) is 17.4 Å². The van der Waals surface area contributed by atoms with Crippen molar-refractivity contribution in [2.24, 2.45) is 0 Å². The zero-order chi connectivity index (χ0) is 42.1. The number of phosphoric acid groups is 1. The highest BCUT2D eigenvalue weighted by Crippen LogP contribution is 2.43. The third-order valence-corrected chi connectivity index (χ3v) is 12.2. The number of hydrogen-bond donors (Lipinski definition) is 3. The van der Waals surface area contributed by atoms with Crippen LogP contribution in [0, 0.1) is 0 Å². The second kappa shape index (κ2) is 40.6. The molecule has 0 saturated heterocycles. The van der Waals surface area contributed by atoms with Crippen LogP contribution >= 0.6 is 7.82 Å². The van der Waals surface area contributed by atoms with E-state index in [1.165, 1.54) is 173 Å². The lowest BCUT2D eigenvalue weighted by Gasteiger charge is -2.25. The molecule has 3 unspecified atom stereocenters. The van der Waals surface area contributed by atoms with E-state index in [2.05, 4.69) is 19.2 Å². The fourth-order valence-electron chi connectivity index (χ4n) is 7.34. The molecule has 340 valence electrons. The molecular formula is C48H98N2O6P+. The van der Waals surface area contributed by atoms with Crippen molar-refractivity contribution < 1.29 is 32.9 Å². The lowest BCUT2D eigenvalue weighted by atomic mass is 10.0. The van der Waals surface area contributed by atoms with E-state index < -0.39 is 20.0 Å². The van der Waals surface area contributed by atoms with Gasteiger partial charge in [-0.25, -0.2) is 4.57 Å². The minimum absolute atomic E-state index is 0.0634. The predicted octanol–water partition coefficient (Wildman–Crippen LogP) is 13.9. The monoisotopic (exact) mass is 830 g/mol. The molecule has 0 fully saturated rings. The Kier molecular flexibility index (Phi) is 40.1. The largest absolute Gasteiger partial charge is 0.472 e. The third kappa shape index (κ3) is 43.1. The van der Waals surface area contributed by atoms with Gasteiger partial charge in [-0.05, 0) is 19.3 Å². The van der Waals surface area contributed by atoms with Crippen LogP contribution in [0.25, 0.3) is 0 Å². The zero-order valence-electron chi connectivity index (χ0n) is 38.6. The van der Waals surface area contributed by atoms with Gasteiger partial charge in [0.2, 0.25) is 5.91 Å². The summed E-state index contributed by atoms with van der Waals surface area (Å²) in [5.74, 6) is -0.180. The second-order valence-corrected chi connectivity index (χ2v) is 19.7. The maximum atomic E-state index is 12.8. The first kappa shape index (κ1) is 56.2. The van der Waals surface area contributed by atoms with Gasteiger partial charge in [0.15, 0.2) is 0 Å².